The highest BCUT2D eigenvalue weighted by atomic mass is 16.5. The van der Waals surface area contributed by atoms with Gasteiger partial charge in [0.2, 0.25) is 0 Å². The third kappa shape index (κ3) is 6.35. The van der Waals surface area contributed by atoms with Gasteiger partial charge in [-0.2, -0.15) is 0 Å². The lowest BCUT2D eigenvalue weighted by molar-refractivity contribution is -0.143. The van der Waals surface area contributed by atoms with Gasteiger partial charge in [0.05, 0.1) is 30.0 Å². The van der Waals surface area contributed by atoms with E-state index in [1.807, 2.05) is 19.9 Å². The van der Waals surface area contributed by atoms with Crippen LogP contribution in [0.25, 0.3) is 0 Å². The summed E-state index contributed by atoms with van der Waals surface area (Å²) in [6.07, 6.45) is 0.426. The predicted molar refractivity (Wildman–Crippen MR) is 139 cm³/mol. The molecule has 4 amide bonds. The molecule has 0 aromatic heterocycles. The minimum Gasteiger partial charge on any atom is -0.492 e. The Morgan fingerprint density at radius 1 is 1.08 bits per heavy atom. The number of hydrogen-bond acceptors (Lipinski definition) is 5. The molecule has 0 saturated heterocycles. The first-order valence-corrected chi connectivity index (χ1v) is 12.1. The number of ether oxygens (including phenoxy) is 2. The molecule has 0 saturated carbocycles. The zero-order valence-corrected chi connectivity index (χ0v) is 21.4. The first-order valence-electron chi connectivity index (χ1n) is 12.1. The van der Waals surface area contributed by atoms with Gasteiger partial charge in [-0.3, -0.25) is 4.90 Å². The Morgan fingerprint density at radius 2 is 1.83 bits per heavy atom. The number of anilines is 2. The van der Waals surface area contributed by atoms with Crippen LogP contribution in [0.15, 0.2) is 59.8 Å². The number of carbonyl (C=O) groups is 3. The highest BCUT2D eigenvalue weighted by Crippen LogP contribution is 2.33. The van der Waals surface area contributed by atoms with Gasteiger partial charge >= 0.3 is 18.0 Å². The summed E-state index contributed by atoms with van der Waals surface area (Å²) in [5, 5.41) is 8.52. The van der Waals surface area contributed by atoms with Crippen molar-refractivity contribution in [1.29, 1.82) is 0 Å². The maximum absolute atomic E-state index is 13.1. The normalized spacial score (nSPS) is 15.4. The molecule has 192 valence electrons. The fraction of sp³-hybridized carbons (Fsp3) is 0.370. The minimum atomic E-state index is -0.722. The van der Waals surface area contributed by atoms with Crippen LogP contribution in [-0.4, -0.2) is 42.2 Å². The van der Waals surface area contributed by atoms with E-state index in [0.717, 1.165) is 6.42 Å². The van der Waals surface area contributed by atoms with Gasteiger partial charge in [0.1, 0.15) is 5.75 Å². The van der Waals surface area contributed by atoms with Gasteiger partial charge in [-0.05, 0) is 63.9 Å². The Hall–Kier alpha value is -4.01. The predicted octanol–water partition coefficient (Wildman–Crippen LogP) is 5.43. The number of nitrogens with zero attached hydrogens (tertiary/aromatic N) is 1. The average Bonchev–Trinajstić information content (AvgIpc) is 2.82. The van der Waals surface area contributed by atoms with Crippen LogP contribution in [0.2, 0.25) is 0 Å². The van der Waals surface area contributed by atoms with E-state index in [2.05, 4.69) is 16.0 Å². The lowest BCUT2D eigenvalue weighted by Crippen LogP contribution is -2.48. The maximum atomic E-state index is 13.1. The monoisotopic (exact) mass is 494 g/mol. The molecule has 36 heavy (non-hydrogen) atoms. The summed E-state index contributed by atoms with van der Waals surface area (Å²) in [6, 6.07) is 12.7. The molecule has 0 aliphatic carbocycles. The smallest absolute Gasteiger partial charge is 0.338 e. The number of carbonyl (C=O) groups excluding carboxylic acids is 3. The summed E-state index contributed by atoms with van der Waals surface area (Å²) in [7, 11) is 0. The quantitative estimate of drug-likeness (QED) is 0.403. The van der Waals surface area contributed by atoms with Crippen LogP contribution < -0.4 is 20.7 Å². The molecule has 9 heteroatoms. The van der Waals surface area contributed by atoms with Crippen LogP contribution in [0.5, 0.6) is 5.75 Å². The Morgan fingerprint density at radius 3 is 2.53 bits per heavy atom. The van der Waals surface area contributed by atoms with Crippen LogP contribution in [0.4, 0.5) is 21.0 Å². The summed E-state index contributed by atoms with van der Waals surface area (Å²) in [6.45, 7) is 10.1. The van der Waals surface area contributed by atoms with Gasteiger partial charge in [0.15, 0.2) is 0 Å². The first-order chi connectivity index (χ1) is 17.2. The zero-order chi connectivity index (χ0) is 26.2. The van der Waals surface area contributed by atoms with Crippen LogP contribution in [0, 0.1) is 0 Å². The molecule has 1 aliphatic heterocycles. The van der Waals surface area contributed by atoms with Gasteiger partial charge in [0, 0.05) is 17.9 Å². The molecule has 1 aliphatic rings. The Kier molecular flexibility index (Phi) is 8.94. The van der Waals surface area contributed by atoms with Crippen molar-refractivity contribution in [2.75, 3.05) is 23.8 Å². The number of hydrogen-bond donors (Lipinski definition) is 3. The maximum Gasteiger partial charge on any atom is 0.338 e. The van der Waals surface area contributed by atoms with Crippen molar-refractivity contribution in [2.45, 2.75) is 53.2 Å². The molecule has 2 aromatic rings. The number of benzene rings is 2. The molecule has 9 nitrogen and oxygen atoms in total. The number of para-hydroxylation sites is 2. The molecule has 0 spiro atoms. The Labute approximate surface area is 211 Å². The van der Waals surface area contributed by atoms with Gasteiger partial charge in [0.25, 0.3) is 0 Å². The fourth-order valence-electron chi connectivity index (χ4n) is 4.00. The van der Waals surface area contributed by atoms with Crippen LogP contribution in [0.1, 0.15) is 52.6 Å². The number of urea groups is 2. The molecule has 0 fully saturated rings. The largest absolute Gasteiger partial charge is 0.492 e. The van der Waals surface area contributed by atoms with Crippen molar-refractivity contribution in [1.82, 2.24) is 10.2 Å². The molecule has 0 bridgehead atoms. The second kappa shape index (κ2) is 12.1. The van der Waals surface area contributed by atoms with Crippen molar-refractivity contribution in [3.05, 3.63) is 65.4 Å². The highest BCUT2D eigenvalue weighted by molar-refractivity contribution is 6.01. The lowest BCUT2D eigenvalue weighted by atomic mass is 9.94. The van der Waals surface area contributed by atoms with E-state index in [4.69, 9.17) is 9.47 Å². The molecule has 3 rings (SSSR count). The molecule has 2 aromatic carbocycles. The molecule has 1 atom stereocenters. The van der Waals surface area contributed by atoms with Crippen molar-refractivity contribution in [3.8, 4) is 5.75 Å². The first kappa shape index (κ1) is 26.6. The summed E-state index contributed by atoms with van der Waals surface area (Å²) in [4.78, 5) is 40.2. The van der Waals surface area contributed by atoms with Crippen molar-refractivity contribution in [2.24, 2.45) is 0 Å². The molecule has 1 unspecified atom stereocenters. The fourth-order valence-corrected chi connectivity index (χ4v) is 4.00. The second-order valence-corrected chi connectivity index (χ2v) is 8.62. The molecular weight excluding hydrogens is 460 g/mol. The van der Waals surface area contributed by atoms with Gasteiger partial charge < -0.3 is 25.4 Å². The SMILES string of the molecule is CCCN1C(=O)NC(c2cccc(NC(=O)Nc3ccccc3OCC)c2)C(C(=O)OC(C)C)=C1C. The second-order valence-electron chi connectivity index (χ2n) is 8.62. The molecule has 3 N–H and O–H groups in total. The third-order valence-electron chi connectivity index (χ3n) is 5.52. The number of rotatable bonds is 9. The van der Waals surface area contributed by atoms with Crippen LogP contribution in [0.3, 0.4) is 0 Å². The van der Waals surface area contributed by atoms with Crippen molar-refractivity contribution >= 4 is 29.4 Å². The van der Waals surface area contributed by atoms with Crippen LogP contribution >= 0.6 is 0 Å². The number of nitrogens with one attached hydrogen (secondary N) is 3. The van der Waals surface area contributed by atoms with Crippen molar-refractivity contribution < 1.29 is 23.9 Å². The van der Waals surface area contributed by atoms with E-state index < -0.39 is 18.0 Å². The minimum absolute atomic E-state index is 0.288. The van der Waals surface area contributed by atoms with E-state index in [1.54, 1.807) is 68.1 Å². The van der Waals surface area contributed by atoms with E-state index >= 15 is 0 Å². The molecule has 1 heterocycles. The third-order valence-corrected chi connectivity index (χ3v) is 5.52. The number of esters is 1. The van der Waals surface area contributed by atoms with E-state index in [1.165, 1.54) is 0 Å². The molecular formula is C27H34N4O5. The lowest BCUT2D eigenvalue weighted by Gasteiger charge is -2.35. The summed E-state index contributed by atoms with van der Waals surface area (Å²) in [5.74, 6) is 0.0802. The standard InChI is InChI=1S/C27H34N4O5/c1-6-15-31-18(5)23(25(32)36-17(3)4)24(30-27(31)34)19-11-10-12-20(16-19)28-26(33)29-21-13-8-9-14-22(21)35-7-2/h8-14,16-17,24H,6-7,15H2,1-5H3,(H,30,34)(H2,28,29,33). The summed E-state index contributed by atoms with van der Waals surface area (Å²) < 4.78 is 11.1. The highest BCUT2D eigenvalue weighted by Gasteiger charge is 2.36. The Bertz CT molecular complexity index is 1140. The van der Waals surface area contributed by atoms with Gasteiger partial charge in [-0.25, -0.2) is 14.4 Å². The van der Waals surface area contributed by atoms with E-state index in [9.17, 15) is 14.4 Å². The number of amides is 4. The summed E-state index contributed by atoms with van der Waals surface area (Å²) >= 11 is 0. The number of allylic oxidation sites excluding steroid dienone is 1. The van der Waals surface area contributed by atoms with Gasteiger partial charge in [-0.15, -0.1) is 0 Å². The van der Waals surface area contributed by atoms with Crippen molar-refractivity contribution in [3.63, 3.8) is 0 Å². The van der Waals surface area contributed by atoms with E-state index in [0.29, 0.717) is 47.1 Å². The van der Waals surface area contributed by atoms with E-state index in [-0.39, 0.29) is 12.1 Å². The summed E-state index contributed by atoms with van der Waals surface area (Å²) in [5.41, 5.74) is 2.60. The zero-order valence-electron chi connectivity index (χ0n) is 21.4. The topological polar surface area (TPSA) is 109 Å². The molecule has 0 radical (unpaired) electrons. The Balaban J connectivity index is 1.87. The average molecular weight is 495 g/mol. The van der Waals surface area contributed by atoms with Gasteiger partial charge in [-0.1, -0.05) is 31.2 Å². The van der Waals surface area contributed by atoms with Crippen LogP contribution in [-0.2, 0) is 9.53 Å².